The number of nitro groups is 1. The molecular formula is C9H12N4O2. The molecule has 0 spiro atoms. The van der Waals surface area contributed by atoms with Crippen molar-refractivity contribution >= 4 is 11.6 Å². The molecule has 0 aliphatic heterocycles. The number of hydrogen-bond acceptors (Lipinski definition) is 4. The van der Waals surface area contributed by atoms with Crippen LogP contribution in [0.4, 0.5) is 11.6 Å². The van der Waals surface area contributed by atoms with E-state index in [1.165, 1.54) is 10.9 Å². The SMILES string of the molecule is C#CC(C)(C)Nc1c([N+](=O)[O-])ncn1C. The van der Waals surface area contributed by atoms with Crippen LogP contribution in [-0.4, -0.2) is 20.0 Å². The summed E-state index contributed by atoms with van der Waals surface area (Å²) < 4.78 is 1.53. The van der Waals surface area contributed by atoms with Gasteiger partial charge in [-0.25, -0.2) is 0 Å². The number of hydrogen-bond donors (Lipinski definition) is 1. The average Bonchev–Trinajstić information content (AvgIpc) is 2.48. The number of nitrogens with zero attached hydrogens (tertiary/aromatic N) is 3. The Bertz CT molecular complexity index is 428. The number of imidazole rings is 1. The van der Waals surface area contributed by atoms with Crippen molar-refractivity contribution in [3.8, 4) is 12.3 Å². The van der Waals surface area contributed by atoms with Gasteiger partial charge in [0.15, 0.2) is 0 Å². The molecule has 0 unspecified atom stereocenters. The Kier molecular flexibility index (Phi) is 2.66. The minimum absolute atomic E-state index is 0.221. The number of anilines is 1. The lowest BCUT2D eigenvalue weighted by Gasteiger charge is -2.20. The molecule has 0 saturated carbocycles. The summed E-state index contributed by atoms with van der Waals surface area (Å²) in [7, 11) is 1.66. The highest BCUT2D eigenvalue weighted by molar-refractivity contribution is 5.55. The van der Waals surface area contributed by atoms with Crippen LogP contribution in [0.3, 0.4) is 0 Å². The van der Waals surface area contributed by atoms with Gasteiger partial charge >= 0.3 is 5.82 Å². The zero-order valence-corrected chi connectivity index (χ0v) is 8.81. The highest BCUT2D eigenvalue weighted by atomic mass is 16.6. The molecule has 0 radical (unpaired) electrons. The maximum Gasteiger partial charge on any atom is 0.406 e. The molecule has 1 heterocycles. The Morgan fingerprint density at radius 3 is 2.80 bits per heavy atom. The van der Waals surface area contributed by atoms with Gasteiger partial charge in [0.05, 0.1) is 5.54 Å². The number of nitrogens with one attached hydrogen (secondary N) is 1. The molecule has 0 fully saturated rings. The summed E-state index contributed by atoms with van der Waals surface area (Å²) >= 11 is 0. The minimum Gasteiger partial charge on any atom is -0.358 e. The fourth-order valence-electron chi connectivity index (χ4n) is 1.03. The topological polar surface area (TPSA) is 73.0 Å². The van der Waals surface area contributed by atoms with Crippen LogP contribution in [0.5, 0.6) is 0 Å². The van der Waals surface area contributed by atoms with Gasteiger partial charge in [0, 0.05) is 7.05 Å². The lowest BCUT2D eigenvalue weighted by Crippen LogP contribution is -2.29. The van der Waals surface area contributed by atoms with Gasteiger partial charge in [-0.1, -0.05) is 5.92 Å². The fraction of sp³-hybridized carbons (Fsp3) is 0.444. The van der Waals surface area contributed by atoms with Gasteiger partial charge in [-0.15, -0.1) is 6.42 Å². The summed E-state index contributed by atoms with van der Waals surface area (Å²) in [4.78, 5) is 13.8. The van der Waals surface area contributed by atoms with E-state index < -0.39 is 10.5 Å². The predicted molar refractivity (Wildman–Crippen MR) is 56.4 cm³/mol. The van der Waals surface area contributed by atoms with E-state index in [0.717, 1.165) is 0 Å². The number of aromatic nitrogens is 2. The lowest BCUT2D eigenvalue weighted by atomic mass is 10.1. The molecule has 0 aliphatic rings. The van der Waals surface area contributed by atoms with E-state index >= 15 is 0 Å². The van der Waals surface area contributed by atoms with E-state index in [4.69, 9.17) is 6.42 Å². The summed E-state index contributed by atoms with van der Waals surface area (Å²) in [5, 5.41) is 13.5. The Labute approximate surface area is 87.5 Å². The molecule has 1 aromatic heterocycles. The molecule has 1 aromatic rings. The van der Waals surface area contributed by atoms with Crippen molar-refractivity contribution in [2.45, 2.75) is 19.4 Å². The first kappa shape index (κ1) is 11.0. The van der Waals surface area contributed by atoms with Crippen molar-refractivity contribution in [1.82, 2.24) is 9.55 Å². The number of terminal acetylenes is 1. The van der Waals surface area contributed by atoms with Crippen LogP contribution in [0.25, 0.3) is 0 Å². The molecule has 0 bridgehead atoms. The maximum atomic E-state index is 10.6. The minimum atomic E-state index is -0.654. The van der Waals surface area contributed by atoms with Crippen molar-refractivity contribution < 1.29 is 4.92 Å². The van der Waals surface area contributed by atoms with Crippen molar-refractivity contribution in [2.75, 3.05) is 5.32 Å². The molecule has 15 heavy (non-hydrogen) atoms. The van der Waals surface area contributed by atoms with E-state index in [-0.39, 0.29) is 5.82 Å². The third kappa shape index (κ3) is 2.26. The summed E-state index contributed by atoms with van der Waals surface area (Å²) in [6.07, 6.45) is 6.66. The third-order valence-electron chi connectivity index (χ3n) is 1.88. The quantitative estimate of drug-likeness (QED) is 0.459. The molecule has 6 nitrogen and oxygen atoms in total. The van der Waals surface area contributed by atoms with Gasteiger partial charge in [-0.3, -0.25) is 4.57 Å². The van der Waals surface area contributed by atoms with Gasteiger partial charge in [0.2, 0.25) is 12.1 Å². The molecule has 0 aliphatic carbocycles. The van der Waals surface area contributed by atoms with Crippen LogP contribution in [-0.2, 0) is 7.05 Å². The molecule has 0 atom stereocenters. The van der Waals surface area contributed by atoms with Gasteiger partial charge in [0.1, 0.15) is 0 Å². The van der Waals surface area contributed by atoms with E-state index in [0.29, 0.717) is 5.82 Å². The maximum absolute atomic E-state index is 10.6. The van der Waals surface area contributed by atoms with Crippen LogP contribution in [0.15, 0.2) is 6.33 Å². The van der Waals surface area contributed by atoms with Gasteiger partial charge < -0.3 is 15.4 Å². The number of rotatable bonds is 3. The van der Waals surface area contributed by atoms with Crippen LogP contribution >= 0.6 is 0 Å². The van der Waals surface area contributed by atoms with Crippen LogP contribution in [0, 0.1) is 22.5 Å². The van der Waals surface area contributed by atoms with E-state index in [9.17, 15) is 10.1 Å². The second-order valence-corrected chi connectivity index (χ2v) is 3.68. The summed E-state index contributed by atoms with van der Waals surface area (Å²) in [5.41, 5.74) is -0.654. The Balaban J connectivity index is 3.10. The highest BCUT2D eigenvalue weighted by Crippen LogP contribution is 2.24. The van der Waals surface area contributed by atoms with E-state index in [1.54, 1.807) is 20.9 Å². The Hall–Kier alpha value is -2.03. The van der Waals surface area contributed by atoms with Gasteiger partial charge in [-0.05, 0) is 23.8 Å². The van der Waals surface area contributed by atoms with Crippen molar-refractivity contribution in [1.29, 1.82) is 0 Å². The second kappa shape index (κ2) is 3.61. The molecule has 6 heteroatoms. The fourth-order valence-corrected chi connectivity index (χ4v) is 1.03. The first-order valence-electron chi connectivity index (χ1n) is 4.29. The van der Waals surface area contributed by atoms with E-state index in [2.05, 4.69) is 16.2 Å². The summed E-state index contributed by atoms with van der Waals surface area (Å²) in [5.74, 6) is 2.58. The normalized spacial score (nSPS) is 10.8. The Morgan fingerprint density at radius 2 is 2.33 bits per heavy atom. The van der Waals surface area contributed by atoms with Crippen LogP contribution in [0.2, 0.25) is 0 Å². The summed E-state index contributed by atoms with van der Waals surface area (Å²) in [6, 6.07) is 0. The van der Waals surface area contributed by atoms with Gasteiger partial charge in [0.25, 0.3) is 0 Å². The second-order valence-electron chi connectivity index (χ2n) is 3.68. The van der Waals surface area contributed by atoms with Crippen molar-refractivity contribution in [2.24, 2.45) is 7.05 Å². The third-order valence-corrected chi connectivity index (χ3v) is 1.88. The molecule has 0 aromatic carbocycles. The first-order valence-corrected chi connectivity index (χ1v) is 4.29. The predicted octanol–water partition coefficient (Wildman–Crippen LogP) is 1.15. The monoisotopic (exact) mass is 208 g/mol. The van der Waals surface area contributed by atoms with Crippen molar-refractivity contribution in [3.63, 3.8) is 0 Å². The zero-order valence-electron chi connectivity index (χ0n) is 8.81. The van der Waals surface area contributed by atoms with Crippen LogP contribution < -0.4 is 5.32 Å². The Morgan fingerprint density at radius 1 is 1.73 bits per heavy atom. The standard InChI is InChI=1S/C9H12N4O2/c1-5-9(2,3)11-8-7(13(14)15)10-6-12(8)4/h1,6,11H,2-4H3. The first-order chi connectivity index (χ1) is 6.87. The molecule has 80 valence electrons. The van der Waals surface area contributed by atoms with Crippen molar-refractivity contribution in [3.05, 3.63) is 16.4 Å². The summed E-state index contributed by atoms with van der Waals surface area (Å²) in [6.45, 7) is 3.51. The average molecular weight is 208 g/mol. The molecule has 0 saturated heterocycles. The largest absolute Gasteiger partial charge is 0.406 e. The van der Waals surface area contributed by atoms with E-state index in [1.807, 2.05) is 0 Å². The lowest BCUT2D eigenvalue weighted by molar-refractivity contribution is -0.388. The highest BCUT2D eigenvalue weighted by Gasteiger charge is 2.25. The van der Waals surface area contributed by atoms with Crippen LogP contribution in [0.1, 0.15) is 13.8 Å². The molecule has 1 rings (SSSR count). The number of aryl methyl sites for hydroxylation is 1. The molecule has 1 N–H and O–H groups in total. The zero-order chi connectivity index (χ0) is 11.6. The smallest absolute Gasteiger partial charge is 0.358 e. The molecular weight excluding hydrogens is 196 g/mol. The van der Waals surface area contributed by atoms with Gasteiger partial charge in [-0.2, -0.15) is 0 Å². The molecule has 0 amide bonds.